The van der Waals surface area contributed by atoms with Crippen LogP contribution in [0.3, 0.4) is 0 Å². The largest absolute Gasteiger partial charge is 0.301 e. The summed E-state index contributed by atoms with van der Waals surface area (Å²) in [5.41, 5.74) is 2.09. The number of hydrogen-bond donors (Lipinski definition) is 1. The molecule has 0 unspecified atom stereocenters. The number of hydrogen-bond acceptors (Lipinski definition) is 5. The summed E-state index contributed by atoms with van der Waals surface area (Å²) in [6.45, 7) is 2.28. The van der Waals surface area contributed by atoms with Crippen LogP contribution in [0.25, 0.3) is 0 Å². The van der Waals surface area contributed by atoms with Crippen LogP contribution in [0, 0.1) is 6.92 Å². The maximum Gasteiger partial charge on any atom is 0.244 e. The number of aryl methyl sites for hydroxylation is 3. The Hall–Kier alpha value is -1.77. The van der Waals surface area contributed by atoms with Gasteiger partial charge in [-0.25, -0.2) is 13.4 Å². The van der Waals surface area contributed by atoms with Crippen molar-refractivity contribution in [2.24, 2.45) is 0 Å². The molecule has 0 spiro atoms. The molecule has 4 rings (SSSR count). The van der Waals surface area contributed by atoms with Crippen LogP contribution in [0.15, 0.2) is 29.2 Å². The van der Waals surface area contributed by atoms with E-state index in [1.165, 1.54) is 26.9 Å². The van der Waals surface area contributed by atoms with Crippen LogP contribution in [-0.2, 0) is 27.7 Å². The third-order valence-electron chi connectivity index (χ3n) is 5.46. The van der Waals surface area contributed by atoms with Crippen LogP contribution < -0.4 is 5.32 Å². The Morgan fingerprint density at radius 1 is 1.14 bits per heavy atom. The van der Waals surface area contributed by atoms with Gasteiger partial charge in [0, 0.05) is 11.4 Å². The van der Waals surface area contributed by atoms with Crippen LogP contribution in [-0.4, -0.2) is 36.2 Å². The number of aromatic nitrogens is 1. The van der Waals surface area contributed by atoms with Crippen LogP contribution in [0.5, 0.6) is 0 Å². The summed E-state index contributed by atoms with van der Waals surface area (Å²) in [4.78, 5) is 19.0. The van der Waals surface area contributed by atoms with Crippen molar-refractivity contribution >= 4 is 32.4 Å². The number of rotatable bonds is 4. The summed E-state index contributed by atoms with van der Waals surface area (Å²) in [6.07, 6.45) is 6.70. The summed E-state index contributed by atoms with van der Waals surface area (Å²) in [6, 6.07) is 6.09. The van der Waals surface area contributed by atoms with Gasteiger partial charge >= 0.3 is 0 Å². The van der Waals surface area contributed by atoms with Gasteiger partial charge in [0.15, 0.2) is 5.13 Å². The highest BCUT2D eigenvalue weighted by Gasteiger charge is 2.39. The second-order valence-corrected chi connectivity index (χ2v) is 10.5. The minimum absolute atomic E-state index is 0.235. The lowest BCUT2D eigenvalue weighted by atomic mass is 10.2. The zero-order valence-corrected chi connectivity index (χ0v) is 17.6. The number of anilines is 1. The number of carbonyl (C=O) groups is 1. The Balaban J connectivity index is 1.51. The van der Waals surface area contributed by atoms with E-state index in [1.54, 1.807) is 24.3 Å². The quantitative estimate of drug-likeness (QED) is 0.769. The van der Waals surface area contributed by atoms with E-state index >= 15 is 0 Å². The van der Waals surface area contributed by atoms with E-state index in [2.05, 4.69) is 10.3 Å². The predicted molar refractivity (Wildman–Crippen MR) is 110 cm³/mol. The van der Waals surface area contributed by atoms with Crippen LogP contribution in [0.1, 0.15) is 48.2 Å². The third kappa shape index (κ3) is 3.86. The molecule has 1 aliphatic heterocycles. The van der Waals surface area contributed by atoms with Gasteiger partial charge in [-0.05, 0) is 57.6 Å². The van der Waals surface area contributed by atoms with Crippen molar-refractivity contribution in [2.45, 2.75) is 62.8 Å². The summed E-state index contributed by atoms with van der Waals surface area (Å²) in [7, 11) is -3.69. The first-order chi connectivity index (χ1) is 13.4. The number of fused-ring (bicyclic) bond motifs is 1. The van der Waals surface area contributed by atoms with Crippen LogP contribution >= 0.6 is 11.3 Å². The summed E-state index contributed by atoms with van der Waals surface area (Å²) < 4.78 is 27.4. The molecule has 6 nitrogen and oxygen atoms in total. The number of nitrogens with one attached hydrogen (secondary N) is 1. The zero-order valence-electron chi connectivity index (χ0n) is 16.0. The molecule has 2 aromatic rings. The molecule has 1 saturated heterocycles. The highest BCUT2D eigenvalue weighted by Crippen LogP contribution is 2.31. The fourth-order valence-corrected chi connectivity index (χ4v) is 6.62. The van der Waals surface area contributed by atoms with E-state index in [0.29, 0.717) is 24.5 Å². The van der Waals surface area contributed by atoms with E-state index in [9.17, 15) is 13.2 Å². The number of nitrogens with zero attached hydrogens (tertiary/aromatic N) is 2. The number of benzene rings is 1. The van der Waals surface area contributed by atoms with E-state index in [4.69, 9.17) is 0 Å². The van der Waals surface area contributed by atoms with Crippen molar-refractivity contribution in [3.05, 3.63) is 40.4 Å². The highest BCUT2D eigenvalue weighted by molar-refractivity contribution is 7.89. The SMILES string of the molecule is Cc1ccc(S(=O)(=O)N2CCC[C@H]2C(=O)Nc2nc3c(s2)CCCCC3)cc1. The van der Waals surface area contributed by atoms with Gasteiger partial charge in [0.25, 0.3) is 0 Å². The van der Waals surface area contributed by atoms with Gasteiger partial charge in [-0.3, -0.25) is 4.79 Å². The normalized spacial score (nSPS) is 20.5. The lowest BCUT2D eigenvalue weighted by Crippen LogP contribution is -2.43. The molecule has 1 fully saturated rings. The fraction of sp³-hybridized carbons (Fsp3) is 0.500. The van der Waals surface area contributed by atoms with Crippen molar-refractivity contribution in [3.8, 4) is 0 Å². The molecule has 0 bridgehead atoms. The average Bonchev–Trinajstić information content (AvgIpc) is 3.25. The monoisotopic (exact) mass is 419 g/mol. The van der Waals surface area contributed by atoms with Gasteiger partial charge in [0.05, 0.1) is 10.6 Å². The van der Waals surface area contributed by atoms with Gasteiger partial charge in [0.2, 0.25) is 15.9 Å². The van der Waals surface area contributed by atoms with Crippen molar-refractivity contribution in [1.29, 1.82) is 0 Å². The standard InChI is InChI=1S/C20H25N3O3S2/c1-14-9-11-15(12-10-14)28(25,26)23-13-5-7-17(23)19(24)22-20-21-16-6-3-2-4-8-18(16)27-20/h9-12,17H,2-8,13H2,1H3,(H,21,22,24)/t17-/m0/s1. The Kier molecular flexibility index (Phi) is 5.53. The third-order valence-corrected chi connectivity index (χ3v) is 8.45. The molecule has 1 aliphatic carbocycles. The summed E-state index contributed by atoms with van der Waals surface area (Å²) in [5.74, 6) is -0.280. The van der Waals surface area contributed by atoms with Gasteiger partial charge < -0.3 is 5.32 Å². The molecule has 1 atom stereocenters. The van der Waals surface area contributed by atoms with Crippen molar-refractivity contribution in [2.75, 3.05) is 11.9 Å². The zero-order chi connectivity index (χ0) is 19.7. The second-order valence-electron chi connectivity index (χ2n) is 7.53. The van der Waals surface area contributed by atoms with E-state index in [0.717, 1.165) is 36.9 Å². The van der Waals surface area contributed by atoms with Gasteiger partial charge in [-0.15, -0.1) is 11.3 Å². The van der Waals surface area contributed by atoms with Crippen molar-refractivity contribution < 1.29 is 13.2 Å². The van der Waals surface area contributed by atoms with Crippen molar-refractivity contribution in [3.63, 3.8) is 0 Å². The Bertz CT molecular complexity index is 944. The molecule has 1 aromatic heterocycles. The Morgan fingerprint density at radius 2 is 1.89 bits per heavy atom. The first-order valence-corrected chi connectivity index (χ1v) is 12.1. The highest BCUT2D eigenvalue weighted by atomic mass is 32.2. The van der Waals surface area contributed by atoms with Gasteiger partial charge in [0.1, 0.15) is 6.04 Å². The van der Waals surface area contributed by atoms with Gasteiger partial charge in [-0.2, -0.15) is 4.31 Å². The van der Waals surface area contributed by atoms with Gasteiger partial charge in [-0.1, -0.05) is 24.1 Å². The molecular weight excluding hydrogens is 394 g/mol. The first kappa shape index (κ1) is 19.5. The second kappa shape index (κ2) is 7.93. The topological polar surface area (TPSA) is 79.4 Å². The number of sulfonamides is 1. The minimum atomic E-state index is -3.69. The minimum Gasteiger partial charge on any atom is -0.301 e. The molecule has 1 aromatic carbocycles. The fourth-order valence-electron chi connectivity index (χ4n) is 3.91. The molecular formula is C20H25N3O3S2. The molecule has 8 heteroatoms. The first-order valence-electron chi connectivity index (χ1n) is 9.83. The molecule has 28 heavy (non-hydrogen) atoms. The Morgan fingerprint density at radius 3 is 2.68 bits per heavy atom. The lowest BCUT2D eigenvalue weighted by molar-refractivity contribution is -0.119. The van der Waals surface area contributed by atoms with E-state index < -0.39 is 16.1 Å². The number of thiazole rings is 1. The molecule has 150 valence electrons. The molecule has 1 amide bonds. The van der Waals surface area contributed by atoms with E-state index in [-0.39, 0.29) is 10.8 Å². The van der Waals surface area contributed by atoms with Crippen LogP contribution in [0.2, 0.25) is 0 Å². The Labute approximate surface area is 170 Å². The van der Waals surface area contributed by atoms with Crippen LogP contribution in [0.4, 0.5) is 5.13 Å². The molecule has 2 aliphatic rings. The smallest absolute Gasteiger partial charge is 0.244 e. The summed E-state index contributed by atoms with van der Waals surface area (Å²) in [5, 5.41) is 3.48. The molecule has 0 saturated carbocycles. The summed E-state index contributed by atoms with van der Waals surface area (Å²) >= 11 is 1.53. The number of amides is 1. The molecule has 0 radical (unpaired) electrons. The molecule has 1 N–H and O–H groups in total. The predicted octanol–water partition coefficient (Wildman–Crippen LogP) is 3.51. The van der Waals surface area contributed by atoms with Crippen molar-refractivity contribution in [1.82, 2.24) is 9.29 Å². The lowest BCUT2D eigenvalue weighted by Gasteiger charge is -2.23. The molecule has 2 heterocycles. The maximum absolute atomic E-state index is 13.0. The maximum atomic E-state index is 13.0. The average molecular weight is 420 g/mol. The number of carbonyl (C=O) groups excluding carboxylic acids is 1. The van der Waals surface area contributed by atoms with E-state index in [1.807, 2.05) is 6.92 Å².